The van der Waals surface area contributed by atoms with E-state index in [1.54, 1.807) is 6.07 Å². The van der Waals surface area contributed by atoms with Gasteiger partial charge in [-0.1, -0.05) is 32.0 Å². The van der Waals surface area contributed by atoms with E-state index in [1.165, 1.54) is 0 Å². The molecule has 1 heterocycles. The maximum Gasteiger partial charge on any atom is 0.128 e. The Kier molecular flexibility index (Phi) is 4.44. The highest BCUT2D eigenvalue weighted by Gasteiger charge is 2.21. The van der Waals surface area contributed by atoms with Gasteiger partial charge in [0.15, 0.2) is 0 Å². The van der Waals surface area contributed by atoms with E-state index in [-0.39, 0.29) is 0 Å². The first-order valence-corrected chi connectivity index (χ1v) is 7.17. The number of aliphatic hydroxyl groups is 1. The quantitative estimate of drug-likeness (QED) is 0.883. The number of fused-ring (bicyclic) bond motifs is 1. The Balaban J connectivity index is 2.22. The summed E-state index contributed by atoms with van der Waals surface area (Å²) in [5, 5.41) is 23.6. The SMILES string of the molecule is CC(C)CC(C)(O)CNc1cc(C#N)c2ccccc2n1. The van der Waals surface area contributed by atoms with Gasteiger partial charge in [-0.2, -0.15) is 5.26 Å². The molecule has 1 aromatic heterocycles. The van der Waals surface area contributed by atoms with Gasteiger partial charge < -0.3 is 10.4 Å². The first kappa shape index (κ1) is 15.3. The largest absolute Gasteiger partial charge is 0.388 e. The fraction of sp³-hybridized carbons (Fsp3) is 0.412. The smallest absolute Gasteiger partial charge is 0.128 e. The van der Waals surface area contributed by atoms with Gasteiger partial charge in [0, 0.05) is 11.9 Å². The minimum Gasteiger partial charge on any atom is -0.388 e. The third kappa shape index (κ3) is 3.93. The van der Waals surface area contributed by atoms with Crippen LogP contribution < -0.4 is 5.32 Å². The number of aromatic nitrogens is 1. The molecule has 1 aromatic carbocycles. The van der Waals surface area contributed by atoms with Gasteiger partial charge in [-0.25, -0.2) is 4.98 Å². The van der Waals surface area contributed by atoms with Crippen LogP contribution >= 0.6 is 0 Å². The number of benzene rings is 1. The molecule has 0 spiro atoms. The second kappa shape index (κ2) is 6.11. The fourth-order valence-electron chi connectivity index (χ4n) is 2.59. The molecule has 2 aromatic rings. The molecule has 0 saturated carbocycles. The van der Waals surface area contributed by atoms with Gasteiger partial charge in [-0.3, -0.25) is 0 Å². The Bertz CT molecular complexity index is 671. The van der Waals surface area contributed by atoms with Gasteiger partial charge in [0.25, 0.3) is 0 Å². The van der Waals surface area contributed by atoms with E-state index in [0.29, 0.717) is 30.3 Å². The average molecular weight is 283 g/mol. The van der Waals surface area contributed by atoms with Crippen LogP contribution in [0.4, 0.5) is 5.82 Å². The number of rotatable bonds is 5. The first-order chi connectivity index (χ1) is 9.91. The molecule has 4 heteroatoms. The number of para-hydroxylation sites is 1. The van der Waals surface area contributed by atoms with E-state index < -0.39 is 5.60 Å². The highest BCUT2D eigenvalue weighted by molar-refractivity contribution is 5.86. The molecule has 0 radical (unpaired) electrons. The molecule has 2 N–H and O–H groups in total. The molecule has 21 heavy (non-hydrogen) atoms. The Morgan fingerprint density at radius 2 is 2.10 bits per heavy atom. The molecule has 0 aliphatic rings. The van der Waals surface area contributed by atoms with Gasteiger partial charge in [0.1, 0.15) is 5.82 Å². The minimum absolute atomic E-state index is 0.404. The molecule has 0 bridgehead atoms. The normalized spacial score (nSPS) is 13.9. The molecule has 2 rings (SSSR count). The van der Waals surface area contributed by atoms with Gasteiger partial charge in [0.2, 0.25) is 0 Å². The van der Waals surface area contributed by atoms with Crippen molar-refractivity contribution in [2.45, 2.75) is 32.8 Å². The summed E-state index contributed by atoms with van der Waals surface area (Å²) in [6.45, 7) is 6.38. The number of hydrogen-bond acceptors (Lipinski definition) is 4. The lowest BCUT2D eigenvalue weighted by Crippen LogP contribution is -2.35. The maximum absolute atomic E-state index is 10.3. The predicted octanol–water partition coefficient (Wildman–Crippen LogP) is 3.32. The lowest BCUT2D eigenvalue weighted by Gasteiger charge is -2.26. The van der Waals surface area contributed by atoms with Gasteiger partial charge in [-0.15, -0.1) is 0 Å². The second-order valence-corrected chi connectivity index (χ2v) is 6.13. The zero-order valence-corrected chi connectivity index (χ0v) is 12.7. The van der Waals surface area contributed by atoms with Crippen molar-refractivity contribution < 1.29 is 5.11 Å². The van der Waals surface area contributed by atoms with E-state index in [0.717, 1.165) is 10.9 Å². The van der Waals surface area contributed by atoms with Crippen molar-refractivity contribution >= 4 is 16.7 Å². The van der Waals surface area contributed by atoms with Crippen LogP contribution in [0.2, 0.25) is 0 Å². The summed E-state index contributed by atoms with van der Waals surface area (Å²) in [6, 6.07) is 11.5. The summed E-state index contributed by atoms with van der Waals surface area (Å²) in [5.41, 5.74) is 0.572. The number of anilines is 1. The zero-order valence-electron chi connectivity index (χ0n) is 12.7. The second-order valence-electron chi connectivity index (χ2n) is 6.13. The molecule has 0 aliphatic carbocycles. The lowest BCUT2D eigenvalue weighted by atomic mass is 9.94. The van der Waals surface area contributed by atoms with Crippen LogP contribution in [0.15, 0.2) is 30.3 Å². The minimum atomic E-state index is -0.797. The summed E-state index contributed by atoms with van der Waals surface area (Å²) in [6.07, 6.45) is 0.707. The number of nitriles is 1. The fourth-order valence-corrected chi connectivity index (χ4v) is 2.59. The molecule has 0 aliphatic heterocycles. The van der Waals surface area contributed by atoms with Crippen LogP contribution in [0.3, 0.4) is 0 Å². The maximum atomic E-state index is 10.3. The molecule has 1 atom stereocenters. The Morgan fingerprint density at radius 1 is 1.38 bits per heavy atom. The standard InChI is InChI=1S/C17H21N3O/c1-12(2)9-17(3,21)11-19-16-8-13(10-18)14-6-4-5-7-15(14)20-16/h4-8,12,21H,9,11H2,1-3H3,(H,19,20). The molecule has 0 saturated heterocycles. The van der Waals surface area contributed by atoms with Crippen molar-refractivity contribution in [3.05, 3.63) is 35.9 Å². The van der Waals surface area contributed by atoms with Gasteiger partial charge >= 0.3 is 0 Å². The number of hydrogen-bond donors (Lipinski definition) is 2. The van der Waals surface area contributed by atoms with Crippen LogP contribution in [0, 0.1) is 17.2 Å². The van der Waals surface area contributed by atoms with Crippen LogP contribution in [0.25, 0.3) is 10.9 Å². The van der Waals surface area contributed by atoms with Gasteiger partial charge in [0.05, 0.1) is 22.8 Å². The van der Waals surface area contributed by atoms with Crippen LogP contribution in [-0.2, 0) is 0 Å². The summed E-state index contributed by atoms with van der Waals surface area (Å²) < 4.78 is 0. The molecule has 1 unspecified atom stereocenters. The Labute approximate surface area is 125 Å². The predicted molar refractivity (Wildman–Crippen MR) is 85.0 cm³/mol. The topological polar surface area (TPSA) is 68.9 Å². The molecule has 0 amide bonds. The van der Waals surface area contributed by atoms with E-state index in [4.69, 9.17) is 0 Å². The summed E-state index contributed by atoms with van der Waals surface area (Å²) in [7, 11) is 0. The van der Waals surface area contributed by atoms with Crippen LogP contribution in [0.1, 0.15) is 32.8 Å². The van der Waals surface area contributed by atoms with Crippen molar-refractivity contribution in [3.63, 3.8) is 0 Å². The Hall–Kier alpha value is -2.12. The first-order valence-electron chi connectivity index (χ1n) is 7.17. The van der Waals surface area contributed by atoms with Crippen LogP contribution in [0.5, 0.6) is 0 Å². The van der Waals surface area contributed by atoms with E-state index in [1.807, 2.05) is 31.2 Å². The lowest BCUT2D eigenvalue weighted by molar-refractivity contribution is 0.0515. The van der Waals surface area contributed by atoms with Crippen molar-refractivity contribution in [2.24, 2.45) is 5.92 Å². The molecule has 110 valence electrons. The van der Waals surface area contributed by atoms with Crippen LogP contribution in [-0.4, -0.2) is 22.2 Å². The van der Waals surface area contributed by atoms with E-state index >= 15 is 0 Å². The highest BCUT2D eigenvalue weighted by atomic mass is 16.3. The summed E-state index contributed by atoms with van der Waals surface area (Å²) in [5.74, 6) is 1.04. The third-order valence-electron chi connectivity index (χ3n) is 3.33. The molecular weight excluding hydrogens is 262 g/mol. The molecule has 0 fully saturated rings. The average Bonchev–Trinajstić information content (AvgIpc) is 2.43. The summed E-state index contributed by atoms with van der Waals surface area (Å²) in [4.78, 5) is 4.49. The number of nitrogens with one attached hydrogen (secondary N) is 1. The van der Waals surface area contributed by atoms with Gasteiger partial charge in [-0.05, 0) is 31.4 Å². The number of nitrogens with zero attached hydrogens (tertiary/aromatic N) is 2. The van der Waals surface area contributed by atoms with E-state index in [2.05, 4.69) is 30.2 Å². The monoisotopic (exact) mass is 283 g/mol. The van der Waals surface area contributed by atoms with E-state index in [9.17, 15) is 10.4 Å². The number of pyridine rings is 1. The zero-order chi connectivity index (χ0) is 15.5. The van der Waals surface area contributed by atoms with Crippen molar-refractivity contribution in [2.75, 3.05) is 11.9 Å². The highest BCUT2D eigenvalue weighted by Crippen LogP contribution is 2.21. The molecular formula is C17H21N3O. The summed E-state index contributed by atoms with van der Waals surface area (Å²) >= 11 is 0. The van der Waals surface area contributed by atoms with Crippen molar-refractivity contribution in [3.8, 4) is 6.07 Å². The van der Waals surface area contributed by atoms with Crippen molar-refractivity contribution in [1.29, 1.82) is 5.26 Å². The molecule has 4 nitrogen and oxygen atoms in total. The Morgan fingerprint density at radius 3 is 2.76 bits per heavy atom. The third-order valence-corrected chi connectivity index (χ3v) is 3.33. The van der Waals surface area contributed by atoms with Crippen molar-refractivity contribution in [1.82, 2.24) is 4.98 Å².